The standard InChI is InChI=1S/C31H27NO5/c1-32-17-16-31-22-13-15-25(36-30(34)20-10-6-3-7-11-20)28(31)37-27-24(14-12-21(26(27)31)18-23(22)32)35-29(33)19-8-4-2-5-9-19/h2-15,22-23,25,28H,16-18H2,1H3. The second kappa shape index (κ2) is 8.32. The molecular weight excluding hydrogens is 466 g/mol. The van der Waals surface area contributed by atoms with Crippen molar-refractivity contribution in [1.29, 1.82) is 0 Å². The van der Waals surface area contributed by atoms with Crippen molar-refractivity contribution in [3.63, 3.8) is 0 Å². The summed E-state index contributed by atoms with van der Waals surface area (Å²) in [5.41, 5.74) is 2.98. The van der Waals surface area contributed by atoms with Gasteiger partial charge in [0, 0.05) is 22.9 Å². The fourth-order valence-electron chi connectivity index (χ4n) is 6.89. The van der Waals surface area contributed by atoms with E-state index in [2.05, 4.69) is 24.1 Å². The van der Waals surface area contributed by atoms with Gasteiger partial charge in [-0.2, -0.15) is 0 Å². The number of nitrogens with zero attached hydrogens (tertiary/aromatic N) is 1. The van der Waals surface area contributed by atoms with Crippen molar-refractivity contribution in [2.75, 3.05) is 13.6 Å². The van der Waals surface area contributed by atoms with Gasteiger partial charge in [0.05, 0.1) is 11.1 Å². The van der Waals surface area contributed by atoms with Gasteiger partial charge in [-0.15, -0.1) is 0 Å². The fraction of sp³-hybridized carbons (Fsp3) is 0.290. The number of ether oxygens (including phenoxy) is 3. The number of esters is 2. The zero-order valence-electron chi connectivity index (χ0n) is 20.5. The molecule has 5 unspecified atom stereocenters. The number of likely N-dealkylation sites (N-methyl/N-ethyl adjacent to an activating group) is 1. The Balaban J connectivity index is 1.29. The summed E-state index contributed by atoms with van der Waals surface area (Å²) in [5.74, 6) is 0.453. The van der Waals surface area contributed by atoms with Crippen LogP contribution in [0, 0.1) is 5.92 Å². The maximum atomic E-state index is 13.0. The van der Waals surface area contributed by atoms with Crippen LogP contribution >= 0.6 is 0 Å². The number of hydrogen-bond donors (Lipinski definition) is 0. The Morgan fingerprint density at radius 1 is 0.919 bits per heavy atom. The molecule has 3 aromatic carbocycles. The third-order valence-electron chi connectivity index (χ3n) is 8.58. The van der Waals surface area contributed by atoms with Gasteiger partial charge in [-0.25, -0.2) is 9.59 Å². The van der Waals surface area contributed by atoms with Crippen LogP contribution in [-0.2, 0) is 16.6 Å². The predicted molar refractivity (Wildman–Crippen MR) is 137 cm³/mol. The number of piperidine rings is 1. The topological polar surface area (TPSA) is 65.1 Å². The number of carbonyl (C=O) groups is 2. The largest absolute Gasteiger partial charge is 0.481 e. The van der Waals surface area contributed by atoms with Crippen molar-refractivity contribution in [2.24, 2.45) is 5.92 Å². The van der Waals surface area contributed by atoms with Gasteiger partial charge >= 0.3 is 11.9 Å². The minimum Gasteiger partial charge on any atom is -0.481 e. The predicted octanol–water partition coefficient (Wildman–Crippen LogP) is 4.58. The van der Waals surface area contributed by atoms with Gasteiger partial charge in [0.15, 0.2) is 17.6 Å². The average Bonchev–Trinajstić information content (AvgIpc) is 3.29. The summed E-state index contributed by atoms with van der Waals surface area (Å²) in [5, 5.41) is 0. The third kappa shape index (κ3) is 3.28. The molecule has 1 fully saturated rings. The molecule has 2 aliphatic carbocycles. The summed E-state index contributed by atoms with van der Waals surface area (Å²) in [4.78, 5) is 28.4. The van der Waals surface area contributed by atoms with Crippen molar-refractivity contribution in [2.45, 2.75) is 36.5 Å². The van der Waals surface area contributed by atoms with Crippen molar-refractivity contribution < 1.29 is 23.8 Å². The number of hydrogen-bond acceptors (Lipinski definition) is 6. The molecule has 4 aliphatic rings. The first kappa shape index (κ1) is 22.3. The lowest BCUT2D eigenvalue weighted by molar-refractivity contribution is -0.0555. The third-order valence-corrected chi connectivity index (χ3v) is 8.58. The molecule has 0 saturated carbocycles. The molecule has 6 heteroatoms. The molecule has 0 N–H and O–H groups in total. The Labute approximate surface area is 215 Å². The smallest absolute Gasteiger partial charge is 0.343 e. The summed E-state index contributed by atoms with van der Waals surface area (Å²) < 4.78 is 18.7. The zero-order valence-corrected chi connectivity index (χ0v) is 20.5. The number of likely N-dealkylation sites (tertiary alicyclic amines) is 1. The Morgan fingerprint density at radius 2 is 1.62 bits per heavy atom. The maximum Gasteiger partial charge on any atom is 0.343 e. The molecule has 0 amide bonds. The van der Waals surface area contributed by atoms with Gasteiger partial charge in [0.1, 0.15) is 6.10 Å². The first-order valence-electron chi connectivity index (χ1n) is 12.8. The molecule has 0 aromatic heterocycles. The molecule has 2 aliphatic heterocycles. The van der Waals surface area contributed by atoms with Crippen LogP contribution in [0.15, 0.2) is 84.9 Å². The van der Waals surface area contributed by atoms with E-state index in [0.717, 1.165) is 24.9 Å². The molecule has 2 heterocycles. The van der Waals surface area contributed by atoms with E-state index in [1.807, 2.05) is 48.5 Å². The van der Waals surface area contributed by atoms with Crippen LogP contribution in [0.25, 0.3) is 0 Å². The highest BCUT2D eigenvalue weighted by Gasteiger charge is 2.65. The molecule has 37 heavy (non-hydrogen) atoms. The molecule has 3 aromatic rings. The highest BCUT2D eigenvalue weighted by Crippen LogP contribution is 2.62. The van der Waals surface area contributed by atoms with Crippen LogP contribution in [0.5, 0.6) is 11.5 Å². The van der Waals surface area contributed by atoms with Crippen LogP contribution in [0.4, 0.5) is 0 Å². The zero-order chi connectivity index (χ0) is 25.1. The minimum absolute atomic E-state index is 0.219. The molecule has 186 valence electrons. The highest BCUT2D eigenvalue weighted by molar-refractivity contribution is 5.91. The molecule has 1 saturated heterocycles. The van der Waals surface area contributed by atoms with E-state index in [4.69, 9.17) is 14.2 Å². The lowest BCUT2D eigenvalue weighted by Gasteiger charge is -2.56. The van der Waals surface area contributed by atoms with Crippen molar-refractivity contribution >= 4 is 11.9 Å². The van der Waals surface area contributed by atoms with Crippen LogP contribution in [-0.4, -0.2) is 48.7 Å². The normalized spacial score (nSPS) is 28.7. The molecule has 5 atom stereocenters. The fourth-order valence-corrected chi connectivity index (χ4v) is 6.89. The van der Waals surface area contributed by atoms with Gasteiger partial charge < -0.3 is 19.1 Å². The van der Waals surface area contributed by atoms with Crippen molar-refractivity contribution in [1.82, 2.24) is 4.90 Å². The van der Waals surface area contributed by atoms with E-state index >= 15 is 0 Å². The molecule has 6 nitrogen and oxygen atoms in total. The summed E-state index contributed by atoms with van der Waals surface area (Å²) in [6.45, 7) is 0.918. The first-order valence-corrected chi connectivity index (χ1v) is 12.8. The van der Waals surface area contributed by atoms with Crippen LogP contribution in [0.2, 0.25) is 0 Å². The Kier molecular flexibility index (Phi) is 5.01. The second-order valence-electron chi connectivity index (χ2n) is 10.4. The Bertz CT molecular complexity index is 1420. The van der Waals surface area contributed by atoms with Gasteiger partial charge in [-0.05, 0) is 68.4 Å². The first-order chi connectivity index (χ1) is 18.1. The van der Waals surface area contributed by atoms with Gasteiger partial charge in [0.2, 0.25) is 0 Å². The minimum atomic E-state index is -0.552. The molecule has 1 spiro atoms. The average molecular weight is 494 g/mol. The van der Waals surface area contributed by atoms with E-state index in [0.29, 0.717) is 28.7 Å². The lowest BCUT2D eigenvalue weighted by Crippen LogP contribution is -2.65. The van der Waals surface area contributed by atoms with Crippen LogP contribution < -0.4 is 9.47 Å². The SMILES string of the molecule is CN1CCC23c4c5ccc(OC(=O)c6ccccc6)c4OC2C(OC(=O)c2ccccc2)C=CC3C1C5. The summed E-state index contributed by atoms with van der Waals surface area (Å²) in [6.07, 6.45) is 5.04. The highest BCUT2D eigenvalue weighted by atomic mass is 16.6. The number of carbonyl (C=O) groups excluding carboxylic acids is 2. The molecular formula is C31H27NO5. The lowest BCUT2D eigenvalue weighted by atomic mass is 9.53. The summed E-state index contributed by atoms with van der Waals surface area (Å²) >= 11 is 0. The molecule has 2 bridgehead atoms. The van der Waals surface area contributed by atoms with E-state index in [9.17, 15) is 9.59 Å². The van der Waals surface area contributed by atoms with Crippen molar-refractivity contribution in [3.8, 4) is 11.5 Å². The Morgan fingerprint density at radius 3 is 2.35 bits per heavy atom. The number of rotatable bonds is 4. The molecule has 7 rings (SSSR count). The van der Waals surface area contributed by atoms with Gasteiger partial charge in [-0.3, -0.25) is 0 Å². The van der Waals surface area contributed by atoms with Gasteiger partial charge in [0.25, 0.3) is 0 Å². The van der Waals surface area contributed by atoms with E-state index in [1.165, 1.54) is 5.56 Å². The van der Waals surface area contributed by atoms with E-state index < -0.39 is 18.2 Å². The second-order valence-corrected chi connectivity index (χ2v) is 10.4. The summed E-state index contributed by atoms with van der Waals surface area (Å²) in [6, 6.07) is 22.2. The van der Waals surface area contributed by atoms with Crippen LogP contribution in [0.1, 0.15) is 38.3 Å². The number of benzene rings is 3. The summed E-state index contributed by atoms with van der Waals surface area (Å²) in [7, 11) is 2.18. The van der Waals surface area contributed by atoms with Crippen LogP contribution in [0.3, 0.4) is 0 Å². The van der Waals surface area contributed by atoms with Gasteiger partial charge in [-0.1, -0.05) is 48.5 Å². The van der Waals surface area contributed by atoms with E-state index in [-0.39, 0.29) is 17.3 Å². The van der Waals surface area contributed by atoms with Crippen molar-refractivity contribution in [3.05, 3.63) is 107 Å². The maximum absolute atomic E-state index is 13.0. The molecule has 0 radical (unpaired) electrons. The monoisotopic (exact) mass is 493 g/mol. The quantitative estimate of drug-likeness (QED) is 0.301. The Hall–Kier alpha value is -3.90. The van der Waals surface area contributed by atoms with E-state index in [1.54, 1.807) is 24.3 Å².